The molecule has 0 radical (unpaired) electrons. The van der Waals surface area contributed by atoms with Crippen LogP contribution in [0, 0.1) is 11.3 Å². The van der Waals surface area contributed by atoms with Gasteiger partial charge in [0, 0.05) is 60.3 Å². The molecule has 1 amide bonds. The molecule has 3 aromatic rings. The second-order valence-electron chi connectivity index (χ2n) is 10.7. The fourth-order valence-corrected chi connectivity index (χ4v) is 4.98. The number of hydrogen-bond donors (Lipinski definition) is 7. The fraction of sp³-hybridized carbons (Fsp3) is 0.344. The minimum Gasteiger partial charge on any atom is -0.471 e. The first-order valence-corrected chi connectivity index (χ1v) is 15.7. The molecule has 2 aromatic carbocycles. The highest BCUT2D eigenvalue weighted by molar-refractivity contribution is 6.30. The number of benzene rings is 2. The van der Waals surface area contributed by atoms with Gasteiger partial charge in [-0.25, -0.2) is 15.8 Å². The Morgan fingerprint density at radius 3 is 2.60 bits per heavy atom. The van der Waals surface area contributed by atoms with Gasteiger partial charge in [-0.1, -0.05) is 24.4 Å². The number of halogens is 1. The molecule has 2 bridgehead atoms. The van der Waals surface area contributed by atoms with Crippen LogP contribution in [-0.2, 0) is 14.3 Å². The number of nitriles is 1. The zero-order valence-corrected chi connectivity index (χ0v) is 27.8. The lowest BCUT2D eigenvalue weighted by atomic mass is 10.0. The Labute approximate surface area is 285 Å². The summed E-state index contributed by atoms with van der Waals surface area (Å²) in [6, 6.07) is 12.8. The van der Waals surface area contributed by atoms with E-state index in [1.807, 2.05) is 25.2 Å². The Kier molecular flexibility index (Phi) is 15.2. The van der Waals surface area contributed by atoms with Crippen LogP contribution in [0.1, 0.15) is 55.2 Å². The standard InChI is InChI=1S/C27H31ClN10O.C3H8N2.C2H4O2/c1-32-19-8-9-20-22(14-19)33-12-4-2-3-5-21(27-36-23(15-29)26(20)37-27)35-25(39)11-6-17-13-18(28)7-10-24(17)38(31)16-34-30;4-5-2-1-3-5;1-4-2-3/h6-11,13-14,16,21,32-33H,2-5,12,30-31H2,1H3,(H,35,39)(H,36,37);1-4H2;2H,1H3/b11-6+,34-16-;;/t21-;;/m0../s1. The number of H-pyrrole nitrogens is 1. The zero-order valence-electron chi connectivity index (χ0n) is 27.1. The molecular formula is C32H43ClN12O3. The number of carbonyl (C=O) groups excluding carboxylic acids is 2. The second kappa shape index (κ2) is 19.5. The van der Waals surface area contributed by atoms with Crippen LogP contribution in [0.2, 0.25) is 5.02 Å². The van der Waals surface area contributed by atoms with Crippen molar-refractivity contribution < 1.29 is 14.3 Å². The molecule has 48 heavy (non-hydrogen) atoms. The highest BCUT2D eigenvalue weighted by atomic mass is 35.5. The van der Waals surface area contributed by atoms with Crippen molar-refractivity contribution in [2.75, 3.05) is 49.4 Å². The first kappa shape index (κ1) is 37.3. The molecule has 0 saturated carbocycles. The first-order chi connectivity index (χ1) is 23.2. The first-order valence-electron chi connectivity index (χ1n) is 15.3. The summed E-state index contributed by atoms with van der Waals surface area (Å²) in [6.45, 7) is 3.36. The number of rotatable bonds is 7. The number of carbonyl (C=O) groups is 2. The van der Waals surface area contributed by atoms with Gasteiger partial charge < -0.3 is 31.5 Å². The van der Waals surface area contributed by atoms with Crippen molar-refractivity contribution >= 4 is 53.5 Å². The predicted octanol–water partition coefficient (Wildman–Crippen LogP) is 3.44. The number of aromatic nitrogens is 2. The second-order valence-corrected chi connectivity index (χ2v) is 11.2. The highest BCUT2D eigenvalue weighted by Crippen LogP contribution is 2.34. The number of methoxy groups -OCH3 is 1. The van der Waals surface area contributed by atoms with Crippen molar-refractivity contribution in [1.29, 1.82) is 5.26 Å². The number of amides is 1. The van der Waals surface area contributed by atoms with E-state index >= 15 is 0 Å². The smallest absolute Gasteiger partial charge is 0.292 e. The molecule has 2 aliphatic rings. The van der Waals surface area contributed by atoms with Gasteiger partial charge in [-0.3, -0.25) is 20.4 Å². The van der Waals surface area contributed by atoms with Crippen molar-refractivity contribution in [2.24, 2.45) is 22.6 Å². The third kappa shape index (κ3) is 11.0. The fourth-order valence-electron chi connectivity index (χ4n) is 4.80. The van der Waals surface area contributed by atoms with Crippen molar-refractivity contribution in [1.82, 2.24) is 20.3 Å². The highest BCUT2D eigenvalue weighted by Gasteiger charge is 2.23. The zero-order chi connectivity index (χ0) is 34.9. The third-order valence-electron chi connectivity index (χ3n) is 7.40. The summed E-state index contributed by atoms with van der Waals surface area (Å²) in [4.78, 5) is 29.9. The lowest BCUT2D eigenvalue weighted by molar-refractivity contribution is -0.126. The Morgan fingerprint density at radius 1 is 1.23 bits per heavy atom. The molecule has 1 fully saturated rings. The van der Waals surface area contributed by atoms with Gasteiger partial charge in [-0.2, -0.15) is 10.4 Å². The Morgan fingerprint density at radius 2 is 1.98 bits per heavy atom. The molecule has 1 atom stereocenters. The van der Waals surface area contributed by atoms with Gasteiger partial charge in [-0.15, -0.1) is 0 Å². The largest absolute Gasteiger partial charge is 0.471 e. The topological polar surface area (TPSA) is 229 Å². The van der Waals surface area contributed by atoms with Crippen LogP contribution in [0.5, 0.6) is 0 Å². The van der Waals surface area contributed by atoms with Gasteiger partial charge in [0.2, 0.25) is 5.91 Å². The Bertz CT molecular complexity index is 1600. The van der Waals surface area contributed by atoms with E-state index < -0.39 is 6.04 Å². The Hall–Kier alpha value is -5.14. The van der Waals surface area contributed by atoms with E-state index in [0.29, 0.717) is 40.7 Å². The molecule has 1 saturated heterocycles. The summed E-state index contributed by atoms with van der Waals surface area (Å²) >= 11 is 6.16. The number of hydrazine groups is 2. The predicted molar refractivity (Wildman–Crippen MR) is 189 cm³/mol. The quantitative estimate of drug-likeness (QED) is 0.0476. The van der Waals surface area contributed by atoms with E-state index in [2.05, 4.69) is 41.8 Å². The normalized spacial score (nSPS) is 15.7. The summed E-state index contributed by atoms with van der Waals surface area (Å²) in [5, 5.41) is 26.5. The van der Waals surface area contributed by atoms with Gasteiger partial charge in [0.15, 0.2) is 5.69 Å². The van der Waals surface area contributed by atoms with E-state index in [1.54, 1.807) is 29.3 Å². The van der Waals surface area contributed by atoms with Gasteiger partial charge >= 0.3 is 0 Å². The number of hydrogen-bond acceptors (Lipinski definition) is 12. The molecule has 3 heterocycles. The molecule has 2 aliphatic heterocycles. The molecule has 15 nitrogen and oxygen atoms in total. The van der Waals surface area contributed by atoms with Gasteiger partial charge in [-0.05, 0) is 61.7 Å². The van der Waals surface area contributed by atoms with Gasteiger partial charge in [0.1, 0.15) is 18.2 Å². The van der Waals surface area contributed by atoms with E-state index in [-0.39, 0.29) is 11.6 Å². The molecule has 5 rings (SSSR count). The number of nitrogens with zero attached hydrogens (tertiary/aromatic N) is 5. The van der Waals surface area contributed by atoms with E-state index in [0.717, 1.165) is 55.8 Å². The maximum atomic E-state index is 13.0. The number of aromatic amines is 1. The lowest BCUT2D eigenvalue weighted by Crippen LogP contribution is -2.42. The van der Waals surface area contributed by atoms with Crippen LogP contribution < -0.4 is 38.5 Å². The van der Waals surface area contributed by atoms with Crippen molar-refractivity contribution in [3.8, 4) is 17.3 Å². The van der Waals surface area contributed by atoms with E-state index in [9.17, 15) is 10.1 Å². The van der Waals surface area contributed by atoms with Crippen molar-refractivity contribution in [2.45, 2.75) is 38.1 Å². The SMILES string of the molecule is CNc1ccc2c(c1)NCCCCC[C@H](NC(=O)/C=C/c1cc(Cl)ccc1N(N)/C=N\N)c1nc(C#N)c-2[nH]1.COC=O.NN1CCC1. The molecule has 1 aromatic heterocycles. The number of fused-ring (bicyclic) bond motifs is 4. The van der Waals surface area contributed by atoms with Crippen molar-refractivity contribution in [3.63, 3.8) is 0 Å². The number of ether oxygens (including phenoxy) is 1. The molecule has 10 N–H and O–H groups in total. The monoisotopic (exact) mass is 678 g/mol. The van der Waals surface area contributed by atoms with Crippen LogP contribution in [0.15, 0.2) is 47.6 Å². The number of nitrogens with two attached hydrogens (primary N) is 3. The van der Waals surface area contributed by atoms with Crippen LogP contribution in [-0.4, -0.2) is 67.5 Å². The van der Waals surface area contributed by atoms with E-state index in [1.165, 1.54) is 31.0 Å². The number of nitrogens with one attached hydrogen (secondary N) is 4. The summed E-state index contributed by atoms with van der Waals surface area (Å²) in [6.07, 6.45) is 9.03. The molecule has 0 aliphatic carbocycles. The molecule has 16 heteroatoms. The molecule has 256 valence electrons. The summed E-state index contributed by atoms with van der Waals surface area (Å²) in [7, 11) is 3.18. The summed E-state index contributed by atoms with van der Waals surface area (Å²) in [5.41, 5.74) is 4.76. The summed E-state index contributed by atoms with van der Waals surface area (Å²) < 4.78 is 3.86. The maximum Gasteiger partial charge on any atom is 0.292 e. The molecule has 0 spiro atoms. The van der Waals surface area contributed by atoms with Crippen molar-refractivity contribution in [3.05, 3.63) is 64.6 Å². The third-order valence-corrected chi connectivity index (χ3v) is 7.63. The summed E-state index contributed by atoms with van der Waals surface area (Å²) in [5.74, 6) is 16.6. The average molecular weight is 679 g/mol. The van der Waals surface area contributed by atoms with Crippen LogP contribution in [0.25, 0.3) is 17.3 Å². The van der Waals surface area contributed by atoms with Gasteiger partial charge in [0.05, 0.1) is 24.5 Å². The minimum absolute atomic E-state index is 0.271. The number of anilines is 3. The lowest BCUT2D eigenvalue weighted by Gasteiger charge is -2.24. The van der Waals surface area contributed by atoms with Crippen LogP contribution in [0.4, 0.5) is 17.1 Å². The molecule has 0 unspecified atom stereocenters. The minimum atomic E-state index is -0.412. The maximum absolute atomic E-state index is 13.0. The van der Waals surface area contributed by atoms with Crippen LogP contribution >= 0.6 is 11.6 Å². The average Bonchev–Trinajstić information content (AvgIpc) is 3.51. The number of imidazole rings is 1. The van der Waals surface area contributed by atoms with E-state index in [4.69, 9.17) is 33.9 Å². The van der Waals surface area contributed by atoms with Crippen LogP contribution in [0.3, 0.4) is 0 Å². The molecular weight excluding hydrogens is 636 g/mol. The Balaban J connectivity index is 0.000000606. The number of hydrazone groups is 1. The van der Waals surface area contributed by atoms with Gasteiger partial charge in [0.25, 0.3) is 6.47 Å².